The normalized spacial score (nSPS) is 11.3. The van der Waals surface area contributed by atoms with Crippen molar-refractivity contribution < 1.29 is 13.2 Å². The maximum Gasteiger partial charge on any atom is 0.265 e. The number of benzene rings is 1. The van der Waals surface area contributed by atoms with Crippen LogP contribution >= 0.6 is 0 Å². The summed E-state index contributed by atoms with van der Waals surface area (Å²) >= 11 is 0. The van der Waals surface area contributed by atoms with Gasteiger partial charge in [-0.15, -0.1) is 0 Å². The topological polar surface area (TPSA) is 73.2 Å². The lowest BCUT2D eigenvalue weighted by Gasteiger charge is -2.08. The third-order valence-electron chi connectivity index (χ3n) is 2.68. The number of aryl methyl sites for hydroxylation is 2. The standard InChI is InChI=1S/C13H17N3O3S/c1-4-19-12-7-5-11(6-8-12)15-20(17,18)13-9-16(3)14-10(13)2/h5-9,15H,4H2,1-3H3. The monoisotopic (exact) mass is 295 g/mol. The van der Waals surface area contributed by atoms with Gasteiger partial charge in [0.1, 0.15) is 10.6 Å². The molecule has 1 aromatic carbocycles. The van der Waals surface area contributed by atoms with Gasteiger partial charge in [0.05, 0.1) is 12.3 Å². The van der Waals surface area contributed by atoms with E-state index in [1.54, 1.807) is 38.2 Å². The van der Waals surface area contributed by atoms with Crippen molar-refractivity contribution in [3.05, 3.63) is 36.2 Å². The molecule has 2 aromatic rings. The van der Waals surface area contributed by atoms with Crippen molar-refractivity contribution in [2.45, 2.75) is 18.7 Å². The molecule has 0 aliphatic heterocycles. The Bertz CT molecular complexity index is 690. The summed E-state index contributed by atoms with van der Waals surface area (Å²) in [5, 5.41) is 4.03. The van der Waals surface area contributed by atoms with E-state index in [9.17, 15) is 8.42 Å². The number of rotatable bonds is 5. The predicted molar refractivity (Wildman–Crippen MR) is 76.4 cm³/mol. The highest BCUT2D eigenvalue weighted by molar-refractivity contribution is 7.92. The van der Waals surface area contributed by atoms with E-state index in [1.807, 2.05) is 6.92 Å². The molecule has 0 radical (unpaired) electrons. The number of aromatic nitrogens is 2. The molecule has 1 N–H and O–H groups in total. The smallest absolute Gasteiger partial charge is 0.265 e. The van der Waals surface area contributed by atoms with Crippen LogP contribution in [0.4, 0.5) is 5.69 Å². The zero-order valence-corrected chi connectivity index (χ0v) is 12.4. The average molecular weight is 295 g/mol. The van der Waals surface area contributed by atoms with Gasteiger partial charge in [-0.2, -0.15) is 5.10 Å². The van der Waals surface area contributed by atoms with Crippen LogP contribution in [0, 0.1) is 6.92 Å². The summed E-state index contributed by atoms with van der Waals surface area (Å²) in [4.78, 5) is 0.175. The molecule has 0 spiro atoms. The first kappa shape index (κ1) is 14.4. The summed E-state index contributed by atoms with van der Waals surface area (Å²) in [5.41, 5.74) is 0.947. The lowest BCUT2D eigenvalue weighted by molar-refractivity contribution is 0.340. The molecule has 0 saturated heterocycles. The van der Waals surface area contributed by atoms with Crippen molar-refractivity contribution in [3.63, 3.8) is 0 Å². The van der Waals surface area contributed by atoms with Crippen LogP contribution in [0.2, 0.25) is 0 Å². The van der Waals surface area contributed by atoms with Gasteiger partial charge >= 0.3 is 0 Å². The number of sulfonamides is 1. The number of ether oxygens (including phenoxy) is 1. The first-order valence-corrected chi connectivity index (χ1v) is 7.66. The first-order valence-electron chi connectivity index (χ1n) is 6.18. The molecule has 0 fully saturated rings. The van der Waals surface area contributed by atoms with Gasteiger partial charge in [0.2, 0.25) is 0 Å². The fourth-order valence-corrected chi connectivity index (χ4v) is 3.12. The summed E-state index contributed by atoms with van der Waals surface area (Å²) in [7, 11) is -1.94. The Labute approximate surface area is 118 Å². The van der Waals surface area contributed by atoms with E-state index in [0.717, 1.165) is 0 Å². The summed E-state index contributed by atoms with van der Waals surface area (Å²) < 4.78 is 33.8. The molecule has 0 unspecified atom stereocenters. The lowest BCUT2D eigenvalue weighted by Crippen LogP contribution is -2.13. The second kappa shape index (κ2) is 5.54. The van der Waals surface area contributed by atoms with Crippen LogP contribution < -0.4 is 9.46 Å². The zero-order chi connectivity index (χ0) is 14.8. The molecular formula is C13H17N3O3S. The fraction of sp³-hybridized carbons (Fsp3) is 0.308. The molecule has 1 aromatic heterocycles. The van der Waals surface area contributed by atoms with E-state index in [2.05, 4.69) is 9.82 Å². The van der Waals surface area contributed by atoms with Crippen molar-refractivity contribution in [3.8, 4) is 5.75 Å². The minimum Gasteiger partial charge on any atom is -0.494 e. The van der Waals surface area contributed by atoms with Crippen molar-refractivity contribution in [2.75, 3.05) is 11.3 Å². The molecule has 0 bridgehead atoms. The van der Waals surface area contributed by atoms with Crippen LogP contribution in [-0.4, -0.2) is 24.8 Å². The molecule has 0 amide bonds. The van der Waals surface area contributed by atoms with Crippen molar-refractivity contribution in [2.24, 2.45) is 7.05 Å². The van der Waals surface area contributed by atoms with Gasteiger partial charge < -0.3 is 4.74 Å². The molecule has 0 aliphatic rings. The van der Waals surface area contributed by atoms with Crippen LogP contribution in [0.25, 0.3) is 0 Å². The highest BCUT2D eigenvalue weighted by Gasteiger charge is 2.19. The van der Waals surface area contributed by atoms with Crippen LogP contribution in [0.3, 0.4) is 0 Å². The second-order valence-electron chi connectivity index (χ2n) is 4.32. The average Bonchev–Trinajstić information content (AvgIpc) is 2.72. The SMILES string of the molecule is CCOc1ccc(NS(=O)(=O)c2cn(C)nc2C)cc1. The summed E-state index contributed by atoms with van der Waals surface area (Å²) in [5.74, 6) is 0.702. The van der Waals surface area contributed by atoms with Crippen molar-refractivity contribution >= 4 is 15.7 Å². The number of anilines is 1. The van der Waals surface area contributed by atoms with Crippen LogP contribution in [0.5, 0.6) is 5.75 Å². The van der Waals surface area contributed by atoms with E-state index in [0.29, 0.717) is 23.7 Å². The highest BCUT2D eigenvalue weighted by Crippen LogP contribution is 2.20. The largest absolute Gasteiger partial charge is 0.494 e. The molecule has 20 heavy (non-hydrogen) atoms. The van der Waals surface area contributed by atoms with E-state index in [-0.39, 0.29) is 4.90 Å². The molecule has 108 valence electrons. The van der Waals surface area contributed by atoms with E-state index in [4.69, 9.17) is 4.74 Å². The first-order chi connectivity index (χ1) is 9.42. The van der Waals surface area contributed by atoms with E-state index < -0.39 is 10.0 Å². The molecule has 2 rings (SSSR count). The summed E-state index contributed by atoms with van der Waals surface area (Å²) in [6.45, 7) is 4.12. The van der Waals surface area contributed by atoms with Gasteiger partial charge in [0, 0.05) is 18.9 Å². The molecule has 1 heterocycles. The number of hydrogen-bond donors (Lipinski definition) is 1. The van der Waals surface area contributed by atoms with Crippen LogP contribution in [-0.2, 0) is 17.1 Å². The third-order valence-corrected chi connectivity index (χ3v) is 4.16. The predicted octanol–water partition coefficient (Wildman–Crippen LogP) is 1.93. The van der Waals surface area contributed by atoms with Gasteiger partial charge in [0.25, 0.3) is 10.0 Å². The zero-order valence-electron chi connectivity index (χ0n) is 11.6. The Kier molecular flexibility index (Phi) is 3.99. The number of hydrogen-bond acceptors (Lipinski definition) is 4. The Balaban J connectivity index is 2.22. The molecule has 7 heteroatoms. The van der Waals surface area contributed by atoms with Crippen molar-refractivity contribution in [1.29, 1.82) is 0 Å². The van der Waals surface area contributed by atoms with E-state index in [1.165, 1.54) is 10.9 Å². The fourth-order valence-electron chi connectivity index (χ4n) is 1.84. The van der Waals surface area contributed by atoms with Gasteiger partial charge in [-0.3, -0.25) is 9.40 Å². The van der Waals surface area contributed by atoms with Crippen molar-refractivity contribution in [1.82, 2.24) is 9.78 Å². The maximum absolute atomic E-state index is 12.3. The minimum atomic E-state index is -3.62. The molecule has 6 nitrogen and oxygen atoms in total. The van der Waals surface area contributed by atoms with Gasteiger partial charge in [-0.1, -0.05) is 0 Å². The molecular weight excluding hydrogens is 278 g/mol. The van der Waals surface area contributed by atoms with Crippen LogP contribution in [0.15, 0.2) is 35.4 Å². The van der Waals surface area contributed by atoms with Gasteiger partial charge in [-0.25, -0.2) is 8.42 Å². The minimum absolute atomic E-state index is 0.175. The Morgan fingerprint density at radius 3 is 2.45 bits per heavy atom. The molecule has 0 aliphatic carbocycles. The number of nitrogens with one attached hydrogen (secondary N) is 1. The second-order valence-corrected chi connectivity index (χ2v) is 5.97. The Morgan fingerprint density at radius 1 is 1.30 bits per heavy atom. The Morgan fingerprint density at radius 2 is 1.95 bits per heavy atom. The molecule has 0 atom stereocenters. The lowest BCUT2D eigenvalue weighted by atomic mass is 10.3. The highest BCUT2D eigenvalue weighted by atomic mass is 32.2. The quantitative estimate of drug-likeness (QED) is 0.914. The van der Waals surface area contributed by atoms with Gasteiger partial charge in [-0.05, 0) is 38.1 Å². The van der Waals surface area contributed by atoms with Crippen LogP contribution in [0.1, 0.15) is 12.6 Å². The third kappa shape index (κ3) is 3.11. The molecule has 0 saturated carbocycles. The van der Waals surface area contributed by atoms with E-state index >= 15 is 0 Å². The van der Waals surface area contributed by atoms with Gasteiger partial charge in [0.15, 0.2) is 0 Å². The summed E-state index contributed by atoms with van der Waals surface area (Å²) in [6, 6.07) is 6.76. The summed E-state index contributed by atoms with van der Waals surface area (Å²) in [6.07, 6.45) is 1.48. The number of nitrogens with zero attached hydrogens (tertiary/aromatic N) is 2. The Hall–Kier alpha value is -2.02. The maximum atomic E-state index is 12.3.